The van der Waals surface area contributed by atoms with Crippen molar-refractivity contribution in [2.75, 3.05) is 17.7 Å². The fourth-order valence-electron chi connectivity index (χ4n) is 1.77. The van der Waals surface area contributed by atoms with Crippen molar-refractivity contribution in [2.24, 2.45) is 5.92 Å². The molecule has 0 radical (unpaired) electrons. The molecule has 0 amide bonds. The van der Waals surface area contributed by atoms with E-state index in [2.05, 4.69) is 18.8 Å². The van der Waals surface area contributed by atoms with E-state index in [0.29, 0.717) is 5.92 Å². The smallest absolute Gasteiger partial charge is 0.168 e. The first-order valence-corrected chi connectivity index (χ1v) is 5.67. The molecular formula is C12H19F2N3. The van der Waals surface area contributed by atoms with Gasteiger partial charge in [0.05, 0.1) is 0 Å². The molecule has 96 valence electrons. The molecule has 0 fully saturated rings. The Morgan fingerprint density at radius 1 is 1.29 bits per heavy atom. The lowest BCUT2D eigenvalue weighted by molar-refractivity contribution is 0.493. The highest BCUT2D eigenvalue weighted by molar-refractivity contribution is 5.47. The summed E-state index contributed by atoms with van der Waals surface area (Å²) in [7, 11) is 1.73. The second-order valence-corrected chi connectivity index (χ2v) is 4.75. The Bertz CT molecular complexity index is 394. The minimum absolute atomic E-state index is 0.0945. The van der Waals surface area contributed by atoms with Crippen molar-refractivity contribution in [3.63, 3.8) is 0 Å². The van der Waals surface area contributed by atoms with E-state index in [0.717, 1.165) is 12.5 Å². The summed E-state index contributed by atoms with van der Waals surface area (Å²) in [5, 5.41) is 0. The van der Waals surface area contributed by atoms with E-state index >= 15 is 0 Å². The number of anilines is 2. The van der Waals surface area contributed by atoms with E-state index in [1.54, 1.807) is 11.9 Å². The van der Waals surface area contributed by atoms with Crippen LogP contribution in [0.25, 0.3) is 0 Å². The molecule has 0 aromatic carbocycles. The maximum absolute atomic E-state index is 13.6. The van der Waals surface area contributed by atoms with E-state index < -0.39 is 11.6 Å². The topological polar surface area (TPSA) is 42.2 Å². The third-order valence-electron chi connectivity index (χ3n) is 2.75. The average Bonchev–Trinajstić information content (AvgIpc) is 2.21. The van der Waals surface area contributed by atoms with Crippen molar-refractivity contribution in [3.05, 3.63) is 17.7 Å². The van der Waals surface area contributed by atoms with E-state index in [1.807, 2.05) is 6.92 Å². The van der Waals surface area contributed by atoms with E-state index in [1.165, 1.54) is 0 Å². The molecule has 2 N–H and O–H groups in total. The minimum Gasteiger partial charge on any atom is -0.381 e. The number of hydrogen-bond acceptors (Lipinski definition) is 3. The molecule has 1 heterocycles. The summed E-state index contributed by atoms with van der Waals surface area (Å²) in [6.45, 7) is 6.15. The zero-order valence-electron chi connectivity index (χ0n) is 10.7. The zero-order valence-corrected chi connectivity index (χ0v) is 10.7. The van der Waals surface area contributed by atoms with Crippen LogP contribution in [0.3, 0.4) is 0 Å². The van der Waals surface area contributed by atoms with Crippen LogP contribution in [0.1, 0.15) is 27.2 Å². The molecule has 1 aromatic rings. The molecular weight excluding hydrogens is 224 g/mol. The van der Waals surface area contributed by atoms with Crippen molar-refractivity contribution < 1.29 is 8.78 Å². The molecule has 5 heteroatoms. The molecule has 0 aliphatic carbocycles. The number of pyridine rings is 1. The van der Waals surface area contributed by atoms with Crippen LogP contribution >= 0.6 is 0 Å². The van der Waals surface area contributed by atoms with Gasteiger partial charge in [-0.1, -0.05) is 13.8 Å². The largest absolute Gasteiger partial charge is 0.381 e. The molecule has 0 aliphatic rings. The van der Waals surface area contributed by atoms with Crippen LogP contribution in [-0.4, -0.2) is 18.1 Å². The highest BCUT2D eigenvalue weighted by Crippen LogP contribution is 2.23. The van der Waals surface area contributed by atoms with Gasteiger partial charge in [0.15, 0.2) is 23.3 Å². The second-order valence-electron chi connectivity index (χ2n) is 4.75. The first-order valence-electron chi connectivity index (χ1n) is 5.67. The predicted molar refractivity (Wildman–Crippen MR) is 65.9 cm³/mol. The van der Waals surface area contributed by atoms with E-state index in [9.17, 15) is 8.78 Å². The third-order valence-corrected chi connectivity index (χ3v) is 2.75. The predicted octanol–water partition coefficient (Wildman–Crippen LogP) is 2.81. The second kappa shape index (κ2) is 5.29. The number of nitrogens with two attached hydrogens (primary N) is 1. The van der Waals surface area contributed by atoms with Gasteiger partial charge in [0.2, 0.25) is 0 Å². The number of aromatic nitrogens is 1. The van der Waals surface area contributed by atoms with Crippen LogP contribution < -0.4 is 10.6 Å². The number of hydrogen-bond donors (Lipinski definition) is 1. The van der Waals surface area contributed by atoms with Crippen LogP contribution in [0.4, 0.5) is 20.4 Å². The van der Waals surface area contributed by atoms with Gasteiger partial charge in [-0.05, 0) is 19.3 Å². The summed E-state index contributed by atoms with van der Waals surface area (Å²) in [5.41, 5.74) is 5.35. The Kier molecular flexibility index (Phi) is 4.26. The number of nitrogens with zero attached hydrogens (tertiary/aromatic N) is 2. The molecule has 0 spiro atoms. The van der Waals surface area contributed by atoms with Crippen molar-refractivity contribution in [1.29, 1.82) is 0 Å². The summed E-state index contributed by atoms with van der Waals surface area (Å²) in [5.74, 6) is -1.19. The van der Waals surface area contributed by atoms with Crippen LogP contribution in [0.5, 0.6) is 0 Å². The van der Waals surface area contributed by atoms with Crippen molar-refractivity contribution in [3.8, 4) is 0 Å². The first kappa shape index (κ1) is 13.7. The van der Waals surface area contributed by atoms with Gasteiger partial charge in [-0.3, -0.25) is 0 Å². The summed E-state index contributed by atoms with van der Waals surface area (Å²) in [6.07, 6.45) is 0.898. The molecule has 3 nitrogen and oxygen atoms in total. The van der Waals surface area contributed by atoms with Gasteiger partial charge >= 0.3 is 0 Å². The van der Waals surface area contributed by atoms with Gasteiger partial charge in [0.1, 0.15) is 0 Å². The van der Waals surface area contributed by atoms with Crippen molar-refractivity contribution in [1.82, 2.24) is 4.98 Å². The van der Waals surface area contributed by atoms with E-state index in [-0.39, 0.29) is 17.7 Å². The Morgan fingerprint density at radius 3 is 2.41 bits per heavy atom. The van der Waals surface area contributed by atoms with Gasteiger partial charge in [-0.15, -0.1) is 0 Å². The van der Waals surface area contributed by atoms with Crippen LogP contribution in [0.15, 0.2) is 6.07 Å². The molecule has 0 saturated heterocycles. The minimum atomic E-state index is -0.823. The lowest BCUT2D eigenvalue weighted by Gasteiger charge is -2.27. The Balaban J connectivity index is 2.95. The molecule has 1 unspecified atom stereocenters. The number of rotatable bonds is 4. The fraction of sp³-hybridized carbons (Fsp3) is 0.583. The lowest BCUT2D eigenvalue weighted by atomic mass is 10.0. The monoisotopic (exact) mass is 243 g/mol. The van der Waals surface area contributed by atoms with Crippen LogP contribution in [-0.2, 0) is 0 Å². The number of nitrogen functional groups attached to an aromatic ring is 1. The maximum Gasteiger partial charge on any atom is 0.168 e. The molecule has 0 saturated carbocycles. The fourth-order valence-corrected chi connectivity index (χ4v) is 1.77. The summed E-state index contributed by atoms with van der Waals surface area (Å²) >= 11 is 0. The van der Waals surface area contributed by atoms with Crippen LogP contribution in [0.2, 0.25) is 0 Å². The van der Waals surface area contributed by atoms with Gasteiger partial charge < -0.3 is 10.6 Å². The summed E-state index contributed by atoms with van der Waals surface area (Å²) < 4.78 is 26.6. The molecule has 1 atom stereocenters. The van der Waals surface area contributed by atoms with E-state index in [4.69, 9.17) is 5.73 Å². The summed E-state index contributed by atoms with van der Waals surface area (Å²) in [6, 6.07) is 0.887. The molecule has 0 aliphatic heterocycles. The highest BCUT2D eigenvalue weighted by Gasteiger charge is 2.18. The zero-order chi connectivity index (χ0) is 13.2. The third kappa shape index (κ3) is 3.28. The summed E-state index contributed by atoms with van der Waals surface area (Å²) in [4.78, 5) is 5.44. The maximum atomic E-state index is 13.6. The molecule has 1 rings (SSSR count). The highest BCUT2D eigenvalue weighted by atomic mass is 19.1. The lowest BCUT2D eigenvalue weighted by Crippen LogP contribution is -2.31. The average molecular weight is 243 g/mol. The first-order chi connectivity index (χ1) is 7.82. The van der Waals surface area contributed by atoms with Gasteiger partial charge in [0.25, 0.3) is 0 Å². The van der Waals surface area contributed by atoms with Gasteiger partial charge in [0, 0.05) is 19.2 Å². The van der Waals surface area contributed by atoms with Crippen molar-refractivity contribution >= 4 is 11.6 Å². The standard InChI is InChI=1S/C12H19F2N3/c1-7(2)5-8(3)17(4)12-10(14)6-9(13)11(15)16-12/h6-8H,5H2,1-4H3,(H2,15,16). The van der Waals surface area contributed by atoms with Gasteiger partial charge in [-0.25, -0.2) is 13.8 Å². The normalized spacial score (nSPS) is 12.9. The Hall–Kier alpha value is -1.39. The van der Waals surface area contributed by atoms with Gasteiger partial charge in [-0.2, -0.15) is 0 Å². The number of halogens is 2. The SMILES string of the molecule is CC(C)CC(C)N(C)c1nc(N)c(F)cc1F. The molecule has 0 bridgehead atoms. The van der Waals surface area contributed by atoms with Crippen molar-refractivity contribution in [2.45, 2.75) is 33.2 Å². The Morgan fingerprint density at radius 2 is 1.88 bits per heavy atom. The Labute approximate surface area is 101 Å². The molecule has 17 heavy (non-hydrogen) atoms. The van der Waals surface area contributed by atoms with Crippen LogP contribution in [0, 0.1) is 17.6 Å². The quantitative estimate of drug-likeness (QED) is 0.884. The molecule has 1 aromatic heterocycles.